The molecule has 0 saturated heterocycles. The molecule has 0 amide bonds. The second-order valence-electron chi connectivity index (χ2n) is 5.21. The number of aromatic nitrogens is 1. The Bertz CT molecular complexity index is 641. The Morgan fingerprint density at radius 2 is 1.84 bits per heavy atom. The second-order valence-corrected chi connectivity index (χ2v) is 5.21. The maximum atomic E-state index is 12.9. The fourth-order valence-electron chi connectivity index (χ4n) is 2.38. The molecule has 1 aromatic heterocycles. The van der Waals surface area contributed by atoms with Gasteiger partial charge in [0.1, 0.15) is 5.82 Å². The number of benzene rings is 1. The molecule has 1 aliphatic rings. The summed E-state index contributed by atoms with van der Waals surface area (Å²) in [5.41, 5.74) is 2.16. The molecule has 1 atom stereocenters. The van der Waals surface area contributed by atoms with Crippen LogP contribution in [0.5, 0.6) is 0 Å². The highest BCUT2D eigenvalue weighted by Gasteiger charge is 2.24. The molecule has 1 saturated carbocycles. The van der Waals surface area contributed by atoms with Crippen molar-refractivity contribution < 1.29 is 4.39 Å². The number of hydrogen-bond acceptors (Lipinski definition) is 1. The first-order valence-electron chi connectivity index (χ1n) is 6.63. The summed E-state index contributed by atoms with van der Waals surface area (Å²) in [6, 6.07) is 9.81. The van der Waals surface area contributed by atoms with Gasteiger partial charge in [0.2, 0.25) is 0 Å². The third-order valence-electron chi connectivity index (χ3n) is 3.78. The molecule has 3 rings (SSSR count). The number of rotatable bonds is 3. The monoisotopic (exact) mass is 257 g/mol. The fraction of sp³-hybridized carbons (Fsp3) is 0.312. The van der Waals surface area contributed by atoms with E-state index in [1.165, 1.54) is 30.5 Å². The van der Waals surface area contributed by atoms with Gasteiger partial charge in [0.15, 0.2) is 0 Å². The highest BCUT2D eigenvalue weighted by molar-refractivity contribution is 5.24. The van der Waals surface area contributed by atoms with Gasteiger partial charge < -0.3 is 4.57 Å². The van der Waals surface area contributed by atoms with E-state index >= 15 is 0 Å². The average molecular weight is 257 g/mol. The Balaban J connectivity index is 1.98. The highest BCUT2D eigenvalue weighted by atomic mass is 19.1. The van der Waals surface area contributed by atoms with E-state index in [4.69, 9.17) is 0 Å². The summed E-state index contributed by atoms with van der Waals surface area (Å²) in [7, 11) is 0. The minimum absolute atomic E-state index is 0.0128. The topological polar surface area (TPSA) is 22.0 Å². The lowest BCUT2D eigenvalue weighted by Gasteiger charge is -2.16. The number of nitrogens with zero attached hydrogens (tertiary/aromatic N) is 1. The fourth-order valence-corrected chi connectivity index (χ4v) is 2.38. The molecule has 1 fully saturated rings. The largest absolute Gasteiger partial charge is 0.308 e. The van der Waals surface area contributed by atoms with Crippen molar-refractivity contribution in [3.8, 4) is 0 Å². The molecule has 0 aliphatic heterocycles. The number of halogens is 1. The van der Waals surface area contributed by atoms with Crippen molar-refractivity contribution in [1.82, 2.24) is 4.57 Å². The lowest BCUT2D eigenvalue weighted by molar-refractivity contribution is 0.600. The molecule has 98 valence electrons. The van der Waals surface area contributed by atoms with Crippen LogP contribution in [-0.4, -0.2) is 4.57 Å². The quantitative estimate of drug-likeness (QED) is 0.825. The summed E-state index contributed by atoms with van der Waals surface area (Å²) in [5.74, 6) is 0.363. The van der Waals surface area contributed by atoms with Crippen LogP contribution in [0.1, 0.15) is 42.9 Å². The number of hydrogen-bond donors (Lipinski definition) is 0. The summed E-state index contributed by atoms with van der Waals surface area (Å²) in [4.78, 5) is 12.0. The molecule has 19 heavy (non-hydrogen) atoms. The minimum atomic E-state index is -0.255. The number of pyridine rings is 1. The Hall–Kier alpha value is -1.90. The van der Waals surface area contributed by atoms with Crippen molar-refractivity contribution in [2.24, 2.45) is 0 Å². The van der Waals surface area contributed by atoms with Gasteiger partial charge in [0.05, 0.1) is 6.04 Å². The van der Waals surface area contributed by atoms with Crippen LogP contribution in [0.25, 0.3) is 0 Å². The van der Waals surface area contributed by atoms with Gasteiger partial charge in [0.25, 0.3) is 5.56 Å². The predicted molar refractivity (Wildman–Crippen MR) is 72.9 cm³/mol. The van der Waals surface area contributed by atoms with Crippen molar-refractivity contribution in [3.05, 3.63) is 69.9 Å². The van der Waals surface area contributed by atoms with Crippen molar-refractivity contribution in [3.63, 3.8) is 0 Å². The van der Waals surface area contributed by atoms with Gasteiger partial charge in [-0.05, 0) is 48.9 Å². The molecule has 2 nitrogen and oxygen atoms in total. The Morgan fingerprint density at radius 1 is 1.16 bits per heavy atom. The first-order valence-corrected chi connectivity index (χ1v) is 6.63. The Morgan fingerprint density at radius 3 is 2.47 bits per heavy atom. The zero-order valence-electron chi connectivity index (χ0n) is 10.8. The van der Waals surface area contributed by atoms with Gasteiger partial charge >= 0.3 is 0 Å². The summed E-state index contributed by atoms with van der Waals surface area (Å²) in [6.45, 7) is 1.96. The van der Waals surface area contributed by atoms with Crippen molar-refractivity contribution in [2.75, 3.05) is 0 Å². The molecular formula is C16H16FNO. The van der Waals surface area contributed by atoms with E-state index in [1.54, 1.807) is 22.8 Å². The van der Waals surface area contributed by atoms with Crippen LogP contribution in [0, 0.1) is 5.82 Å². The third kappa shape index (κ3) is 2.46. The first-order chi connectivity index (χ1) is 9.15. The Labute approximate surface area is 111 Å². The van der Waals surface area contributed by atoms with Gasteiger partial charge in [-0.1, -0.05) is 18.2 Å². The molecule has 3 heteroatoms. The summed E-state index contributed by atoms with van der Waals surface area (Å²) < 4.78 is 14.7. The summed E-state index contributed by atoms with van der Waals surface area (Å²) >= 11 is 0. The first kappa shape index (κ1) is 12.2. The van der Waals surface area contributed by atoms with Gasteiger partial charge in [0, 0.05) is 12.3 Å². The molecule has 1 aliphatic carbocycles. The standard InChI is InChI=1S/C16H16FNO/c1-11(12-4-7-15(17)8-5-12)18-10-14(13-2-3-13)6-9-16(18)19/h4-11,13H,2-3H2,1H3. The van der Waals surface area contributed by atoms with Gasteiger partial charge in [-0.25, -0.2) is 4.39 Å². The summed E-state index contributed by atoms with van der Waals surface area (Å²) in [6.07, 6.45) is 4.38. The zero-order valence-corrected chi connectivity index (χ0v) is 10.8. The lowest BCUT2D eigenvalue weighted by atomic mass is 10.1. The molecule has 0 bridgehead atoms. The van der Waals surface area contributed by atoms with Crippen LogP contribution in [-0.2, 0) is 0 Å². The normalized spacial score (nSPS) is 16.3. The SMILES string of the molecule is CC(c1ccc(F)cc1)n1cc(C2CC2)ccc1=O. The molecule has 1 unspecified atom stereocenters. The highest BCUT2D eigenvalue weighted by Crippen LogP contribution is 2.39. The predicted octanol–water partition coefficient (Wildman–Crippen LogP) is 3.47. The van der Waals surface area contributed by atoms with Gasteiger partial charge in [-0.2, -0.15) is 0 Å². The van der Waals surface area contributed by atoms with Crippen LogP contribution in [0.4, 0.5) is 4.39 Å². The van der Waals surface area contributed by atoms with E-state index in [1.807, 2.05) is 19.2 Å². The minimum Gasteiger partial charge on any atom is -0.308 e. The van der Waals surface area contributed by atoms with Crippen LogP contribution < -0.4 is 5.56 Å². The molecule has 0 N–H and O–H groups in total. The average Bonchev–Trinajstić information content (AvgIpc) is 3.24. The van der Waals surface area contributed by atoms with Crippen molar-refractivity contribution >= 4 is 0 Å². The van der Waals surface area contributed by atoms with Crippen molar-refractivity contribution in [2.45, 2.75) is 31.7 Å². The molecule has 1 aromatic carbocycles. The van der Waals surface area contributed by atoms with Crippen LogP contribution in [0.2, 0.25) is 0 Å². The van der Waals surface area contributed by atoms with E-state index in [2.05, 4.69) is 0 Å². The Kier molecular flexibility index (Phi) is 2.97. The molecule has 0 radical (unpaired) electrons. The van der Waals surface area contributed by atoms with E-state index in [9.17, 15) is 9.18 Å². The molecule has 0 spiro atoms. The van der Waals surface area contributed by atoms with E-state index < -0.39 is 0 Å². The van der Waals surface area contributed by atoms with Crippen LogP contribution >= 0.6 is 0 Å². The smallest absolute Gasteiger partial charge is 0.251 e. The molecule has 1 heterocycles. The van der Waals surface area contributed by atoms with E-state index in [0.717, 1.165) is 5.56 Å². The van der Waals surface area contributed by atoms with Gasteiger partial charge in [-0.15, -0.1) is 0 Å². The maximum absolute atomic E-state index is 12.9. The van der Waals surface area contributed by atoms with E-state index in [0.29, 0.717) is 5.92 Å². The molecular weight excluding hydrogens is 241 g/mol. The van der Waals surface area contributed by atoms with Crippen LogP contribution in [0.15, 0.2) is 47.4 Å². The zero-order chi connectivity index (χ0) is 13.4. The van der Waals surface area contributed by atoms with Gasteiger partial charge in [-0.3, -0.25) is 4.79 Å². The van der Waals surface area contributed by atoms with Crippen LogP contribution in [0.3, 0.4) is 0 Å². The van der Waals surface area contributed by atoms with E-state index in [-0.39, 0.29) is 17.4 Å². The summed E-state index contributed by atoms with van der Waals surface area (Å²) in [5, 5.41) is 0. The van der Waals surface area contributed by atoms with Crippen molar-refractivity contribution in [1.29, 1.82) is 0 Å². The second kappa shape index (κ2) is 4.65. The molecule has 2 aromatic rings. The maximum Gasteiger partial charge on any atom is 0.251 e. The lowest BCUT2D eigenvalue weighted by Crippen LogP contribution is -2.23. The third-order valence-corrected chi connectivity index (χ3v) is 3.78.